The van der Waals surface area contributed by atoms with Crippen molar-refractivity contribution in [2.75, 3.05) is 27.2 Å². The molecule has 1 amide bonds. The Labute approximate surface area is 154 Å². The summed E-state index contributed by atoms with van der Waals surface area (Å²) in [4.78, 5) is 21.2. The van der Waals surface area contributed by atoms with Gasteiger partial charge in [-0.05, 0) is 33.9 Å². The van der Waals surface area contributed by atoms with E-state index in [1.807, 2.05) is 39.9 Å². The predicted octanol–water partition coefficient (Wildman–Crippen LogP) is 1.76. The molecule has 3 heterocycles. The maximum atomic E-state index is 12.9. The van der Waals surface area contributed by atoms with Gasteiger partial charge < -0.3 is 18.8 Å². The molecule has 1 saturated heterocycles. The molecule has 0 radical (unpaired) electrons. The average molecular weight is 360 g/mol. The minimum atomic E-state index is -0.0740. The van der Waals surface area contributed by atoms with Crippen molar-refractivity contribution in [3.63, 3.8) is 0 Å². The van der Waals surface area contributed by atoms with Crippen molar-refractivity contribution >= 4 is 5.91 Å². The van der Waals surface area contributed by atoms with Crippen LogP contribution in [0.2, 0.25) is 0 Å². The van der Waals surface area contributed by atoms with Crippen LogP contribution in [0.5, 0.6) is 0 Å². The van der Waals surface area contributed by atoms with E-state index in [-0.39, 0.29) is 11.8 Å². The molecule has 2 aromatic heterocycles. The van der Waals surface area contributed by atoms with Gasteiger partial charge in [-0.25, -0.2) is 4.98 Å². The second kappa shape index (κ2) is 7.57. The number of aryl methyl sites for hydroxylation is 2. The lowest BCUT2D eigenvalue weighted by Gasteiger charge is -2.31. The third-order valence-electron chi connectivity index (χ3n) is 4.87. The predicted molar refractivity (Wildman–Crippen MR) is 96.9 cm³/mol. The quantitative estimate of drug-likeness (QED) is 0.808. The van der Waals surface area contributed by atoms with Gasteiger partial charge in [-0.2, -0.15) is 0 Å². The fourth-order valence-electron chi connectivity index (χ4n) is 3.47. The minimum absolute atomic E-state index is 0.0740. The molecule has 0 saturated carbocycles. The molecule has 0 N–H and O–H groups in total. The number of amides is 1. The number of hydrogen-bond acceptors (Lipinski definition) is 6. The molecule has 0 aromatic carbocycles. The molecule has 0 spiro atoms. The lowest BCUT2D eigenvalue weighted by atomic mass is 9.97. The SMILES string of the molecule is CCc1nc(C)c(C(=O)N2CCC[C@@H](c3nnc(CN(C)C)n3C)C2)o1. The Balaban J connectivity index is 1.76. The maximum absolute atomic E-state index is 12.9. The maximum Gasteiger partial charge on any atom is 0.291 e. The van der Waals surface area contributed by atoms with Crippen molar-refractivity contribution < 1.29 is 9.21 Å². The molecule has 26 heavy (non-hydrogen) atoms. The van der Waals surface area contributed by atoms with E-state index >= 15 is 0 Å². The Morgan fingerprint density at radius 2 is 2.12 bits per heavy atom. The van der Waals surface area contributed by atoms with Crippen molar-refractivity contribution in [1.82, 2.24) is 29.5 Å². The molecular weight excluding hydrogens is 332 g/mol. The molecule has 142 valence electrons. The Hall–Kier alpha value is -2.22. The largest absolute Gasteiger partial charge is 0.435 e. The van der Waals surface area contributed by atoms with Crippen LogP contribution in [0.25, 0.3) is 0 Å². The van der Waals surface area contributed by atoms with Gasteiger partial charge in [-0.3, -0.25) is 4.79 Å². The van der Waals surface area contributed by atoms with E-state index in [1.54, 1.807) is 0 Å². The van der Waals surface area contributed by atoms with E-state index in [0.717, 1.165) is 37.6 Å². The fourth-order valence-corrected chi connectivity index (χ4v) is 3.47. The smallest absolute Gasteiger partial charge is 0.291 e. The van der Waals surface area contributed by atoms with Gasteiger partial charge in [-0.15, -0.1) is 10.2 Å². The van der Waals surface area contributed by atoms with Gasteiger partial charge in [0.2, 0.25) is 5.76 Å². The second-order valence-electron chi connectivity index (χ2n) is 7.24. The Bertz CT molecular complexity index is 779. The van der Waals surface area contributed by atoms with E-state index in [9.17, 15) is 4.79 Å². The Morgan fingerprint density at radius 3 is 2.77 bits per heavy atom. The number of hydrogen-bond donors (Lipinski definition) is 0. The molecule has 3 rings (SSSR count). The van der Waals surface area contributed by atoms with Crippen LogP contribution in [0.1, 0.15) is 59.5 Å². The lowest BCUT2D eigenvalue weighted by Crippen LogP contribution is -2.39. The van der Waals surface area contributed by atoms with Crippen LogP contribution in [0.3, 0.4) is 0 Å². The molecule has 1 aliphatic rings. The normalized spacial score (nSPS) is 17.9. The fraction of sp³-hybridized carbons (Fsp3) is 0.667. The molecule has 0 unspecified atom stereocenters. The van der Waals surface area contributed by atoms with Crippen molar-refractivity contribution in [1.29, 1.82) is 0 Å². The summed E-state index contributed by atoms with van der Waals surface area (Å²) < 4.78 is 7.71. The molecule has 1 aliphatic heterocycles. The monoisotopic (exact) mass is 360 g/mol. The lowest BCUT2D eigenvalue weighted by molar-refractivity contribution is 0.0668. The topological polar surface area (TPSA) is 80.3 Å². The summed E-state index contributed by atoms with van der Waals surface area (Å²) in [5, 5.41) is 8.73. The number of nitrogens with zero attached hydrogens (tertiary/aromatic N) is 6. The average Bonchev–Trinajstić information content (AvgIpc) is 3.17. The number of likely N-dealkylation sites (tertiary alicyclic amines) is 1. The first-order valence-electron chi connectivity index (χ1n) is 9.19. The summed E-state index contributed by atoms with van der Waals surface area (Å²) in [5.41, 5.74) is 0.668. The summed E-state index contributed by atoms with van der Waals surface area (Å²) in [6.45, 7) is 5.91. The van der Waals surface area contributed by atoms with Crippen LogP contribution >= 0.6 is 0 Å². The minimum Gasteiger partial charge on any atom is -0.435 e. The molecule has 0 bridgehead atoms. The molecule has 8 nitrogen and oxygen atoms in total. The van der Waals surface area contributed by atoms with Crippen molar-refractivity contribution in [2.24, 2.45) is 7.05 Å². The molecule has 1 atom stereocenters. The number of rotatable bonds is 5. The van der Waals surface area contributed by atoms with Gasteiger partial charge in [0.1, 0.15) is 11.6 Å². The van der Waals surface area contributed by atoms with Gasteiger partial charge in [0, 0.05) is 32.5 Å². The zero-order valence-electron chi connectivity index (χ0n) is 16.3. The number of oxazole rings is 1. The van der Waals surface area contributed by atoms with Crippen LogP contribution in [0.15, 0.2) is 4.42 Å². The van der Waals surface area contributed by atoms with Crippen molar-refractivity contribution in [2.45, 2.75) is 45.6 Å². The molecule has 1 fully saturated rings. The van der Waals surface area contributed by atoms with E-state index in [2.05, 4.69) is 24.6 Å². The molecule has 8 heteroatoms. The highest BCUT2D eigenvalue weighted by Crippen LogP contribution is 2.27. The van der Waals surface area contributed by atoms with E-state index in [4.69, 9.17) is 4.42 Å². The van der Waals surface area contributed by atoms with Crippen LogP contribution in [0, 0.1) is 6.92 Å². The molecule has 2 aromatic rings. The number of carbonyl (C=O) groups excluding carboxylic acids is 1. The van der Waals surface area contributed by atoms with Crippen molar-refractivity contribution in [3.8, 4) is 0 Å². The highest BCUT2D eigenvalue weighted by Gasteiger charge is 2.31. The standard InChI is InChI=1S/C18H28N6O2/c1-6-15-19-12(2)16(26-15)18(25)24-9-7-8-13(10-24)17-21-20-14(23(17)5)11-22(3)4/h13H,6-11H2,1-5H3/t13-/m1/s1. The van der Waals surface area contributed by atoms with Gasteiger partial charge in [-0.1, -0.05) is 6.92 Å². The van der Waals surface area contributed by atoms with E-state index < -0.39 is 0 Å². The van der Waals surface area contributed by atoms with Gasteiger partial charge in [0.25, 0.3) is 5.91 Å². The Morgan fingerprint density at radius 1 is 1.35 bits per heavy atom. The number of aromatic nitrogens is 4. The summed E-state index contributed by atoms with van der Waals surface area (Å²) in [7, 11) is 6.03. The zero-order chi connectivity index (χ0) is 18.8. The summed E-state index contributed by atoms with van der Waals surface area (Å²) in [6, 6.07) is 0. The Kier molecular flexibility index (Phi) is 5.41. The first-order chi connectivity index (χ1) is 12.4. The van der Waals surface area contributed by atoms with Gasteiger partial charge >= 0.3 is 0 Å². The van der Waals surface area contributed by atoms with Crippen LogP contribution in [0.4, 0.5) is 0 Å². The summed E-state index contributed by atoms with van der Waals surface area (Å²) in [5.74, 6) is 2.98. The van der Waals surface area contributed by atoms with Crippen LogP contribution < -0.4 is 0 Å². The highest BCUT2D eigenvalue weighted by molar-refractivity contribution is 5.92. The van der Waals surface area contributed by atoms with E-state index in [0.29, 0.717) is 30.3 Å². The molecular formula is C18H28N6O2. The first kappa shape index (κ1) is 18.6. The third kappa shape index (κ3) is 3.65. The number of carbonyl (C=O) groups is 1. The van der Waals surface area contributed by atoms with Crippen LogP contribution in [-0.4, -0.2) is 62.6 Å². The van der Waals surface area contributed by atoms with Gasteiger partial charge in [0.05, 0.1) is 12.2 Å². The first-order valence-corrected chi connectivity index (χ1v) is 9.19. The zero-order valence-corrected chi connectivity index (χ0v) is 16.3. The van der Waals surface area contributed by atoms with Gasteiger partial charge in [0.15, 0.2) is 5.89 Å². The van der Waals surface area contributed by atoms with Crippen molar-refractivity contribution in [3.05, 3.63) is 29.0 Å². The van der Waals surface area contributed by atoms with E-state index in [1.165, 1.54) is 0 Å². The third-order valence-corrected chi connectivity index (χ3v) is 4.87. The highest BCUT2D eigenvalue weighted by atomic mass is 16.4. The van der Waals surface area contributed by atoms with Crippen LogP contribution in [-0.2, 0) is 20.0 Å². The number of piperidine rings is 1. The summed E-state index contributed by atoms with van der Waals surface area (Å²) in [6.07, 6.45) is 2.64. The summed E-state index contributed by atoms with van der Waals surface area (Å²) >= 11 is 0. The second-order valence-corrected chi connectivity index (χ2v) is 7.24. The molecule has 0 aliphatic carbocycles.